The predicted octanol–water partition coefficient (Wildman–Crippen LogP) is 3.99. The molecule has 1 aliphatic rings. The molecule has 2 aromatic rings. The molecule has 0 bridgehead atoms. The molecule has 3 rings (SSSR count). The van der Waals surface area contributed by atoms with E-state index in [4.69, 9.17) is 4.74 Å². The fourth-order valence-electron chi connectivity index (χ4n) is 3.21. The SMILES string of the molecule is CC(C)COC(=O)Nc1cccc(NC(=O)C2CCN(S(=O)(=O)c3cccs3)CC2)c1. The van der Waals surface area contributed by atoms with Crippen LogP contribution in [0.3, 0.4) is 0 Å². The number of ether oxygens (including phenoxy) is 1. The van der Waals surface area contributed by atoms with Gasteiger partial charge in [-0.2, -0.15) is 4.31 Å². The van der Waals surface area contributed by atoms with E-state index in [2.05, 4.69) is 10.6 Å². The van der Waals surface area contributed by atoms with Gasteiger partial charge in [0.1, 0.15) is 4.21 Å². The molecule has 0 saturated carbocycles. The number of nitrogens with one attached hydrogen (secondary N) is 2. The first-order valence-corrected chi connectivity index (χ1v) is 12.5. The maximum absolute atomic E-state index is 12.7. The molecule has 31 heavy (non-hydrogen) atoms. The van der Waals surface area contributed by atoms with Crippen LogP contribution >= 0.6 is 11.3 Å². The Morgan fingerprint density at radius 2 is 1.81 bits per heavy atom. The third-order valence-electron chi connectivity index (χ3n) is 4.84. The second-order valence-corrected chi connectivity index (χ2v) is 10.9. The highest BCUT2D eigenvalue weighted by molar-refractivity contribution is 7.91. The number of anilines is 2. The van der Waals surface area contributed by atoms with Crippen molar-refractivity contribution in [1.29, 1.82) is 0 Å². The predicted molar refractivity (Wildman–Crippen MR) is 121 cm³/mol. The molecule has 1 aromatic carbocycles. The van der Waals surface area contributed by atoms with Gasteiger partial charge in [0.25, 0.3) is 10.0 Å². The summed E-state index contributed by atoms with van der Waals surface area (Å²) in [4.78, 5) is 24.5. The van der Waals surface area contributed by atoms with Crippen molar-refractivity contribution in [2.45, 2.75) is 30.9 Å². The van der Waals surface area contributed by atoms with E-state index in [-0.39, 0.29) is 17.7 Å². The molecular formula is C21H27N3O5S2. The second kappa shape index (κ2) is 10.3. The Morgan fingerprint density at radius 1 is 1.13 bits per heavy atom. The Kier molecular flexibility index (Phi) is 7.69. The van der Waals surface area contributed by atoms with Crippen molar-refractivity contribution >= 4 is 44.7 Å². The highest BCUT2D eigenvalue weighted by atomic mass is 32.2. The Labute approximate surface area is 186 Å². The molecule has 0 aliphatic carbocycles. The zero-order valence-electron chi connectivity index (χ0n) is 17.5. The van der Waals surface area contributed by atoms with Gasteiger partial charge in [-0.25, -0.2) is 13.2 Å². The minimum Gasteiger partial charge on any atom is -0.449 e. The van der Waals surface area contributed by atoms with Crippen molar-refractivity contribution in [2.75, 3.05) is 30.3 Å². The van der Waals surface area contributed by atoms with Crippen molar-refractivity contribution in [3.63, 3.8) is 0 Å². The molecule has 1 aliphatic heterocycles. The van der Waals surface area contributed by atoms with Crippen molar-refractivity contribution < 1.29 is 22.7 Å². The summed E-state index contributed by atoms with van der Waals surface area (Å²) in [6.45, 7) is 4.84. The van der Waals surface area contributed by atoms with Crippen LogP contribution in [0.4, 0.5) is 16.2 Å². The largest absolute Gasteiger partial charge is 0.449 e. The number of benzene rings is 1. The fourth-order valence-corrected chi connectivity index (χ4v) is 5.83. The lowest BCUT2D eigenvalue weighted by Crippen LogP contribution is -2.41. The third kappa shape index (κ3) is 6.28. The van der Waals surface area contributed by atoms with E-state index < -0.39 is 16.1 Å². The van der Waals surface area contributed by atoms with E-state index in [1.165, 1.54) is 15.6 Å². The number of nitrogens with zero attached hydrogens (tertiary/aromatic N) is 1. The third-order valence-corrected chi connectivity index (χ3v) is 8.11. The van der Waals surface area contributed by atoms with E-state index >= 15 is 0 Å². The summed E-state index contributed by atoms with van der Waals surface area (Å²) >= 11 is 1.19. The van der Waals surface area contributed by atoms with E-state index in [0.717, 1.165) is 0 Å². The van der Waals surface area contributed by atoms with Gasteiger partial charge in [0.05, 0.1) is 6.61 Å². The smallest absolute Gasteiger partial charge is 0.411 e. The molecule has 168 valence electrons. The van der Waals surface area contributed by atoms with Crippen LogP contribution in [0.5, 0.6) is 0 Å². The van der Waals surface area contributed by atoms with Crippen LogP contribution in [0.25, 0.3) is 0 Å². The number of rotatable bonds is 7. The second-order valence-electron chi connectivity index (χ2n) is 7.80. The van der Waals surface area contributed by atoms with Crippen molar-refractivity contribution in [1.82, 2.24) is 4.31 Å². The van der Waals surface area contributed by atoms with E-state index in [0.29, 0.717) is 48.1 Å². The molecule has 2 heterocycles. The zero-order valence-corrected chi connectivity index (χ0v) is 19.2. The zero-order chi connectivity index (χ0) is 22.4. The van der Waals surface area contributed by atoms with Crippen LogP contribution in [-0.2, 0) is 19.6 Å². The topological polar surface area (TPSA) is 105 Å². The van der Waals surface area contributed by atoms with Gasteiger partial charge in [0, 0.05) is 30.4 Å². The van der Waals surface area contributed by atoms with Crippen molar-refractivity contribution in [3.8, 4) is 0 Å². The minimum absolute atomic E-state index is 0.160. The first kappa shape index (κ1) is 23.2. The molecule has 2 N–H and O–H groups in total. The van der Waals surface area contributed by atoms with Gasteiger partial charge in [-0.05, 0) is 48.4 Å². The Morgan fingerprint density at radius 3 is 2.42 bits per heavy atom. The normalized spacial score (nSPS) is 15.6. The molecule has 1 saturated heterocycles. The van der Waals surface area contributed by atoms with E-state index in [9.17, 15) is 18.0 Å². The minimum atomic E-state index is -3.49. The van der Waals surface area contributed by atoms with Crippen LogP contribution < -0.4 is 10.6 Å². The molecule has 0 unspecified atom stereocenters. The van der Waals surface area contributed by atoms with Crippen LogP contribution in [0.2, 0.25) is 0 Å². The number of thiophene rings is 1. The number of hydrogen-bond donors (Lipinski definition) is 2. The molecule has 10 heteroatoms. The summed E-state index contributed by atoms with van der Waals surface area (Å²) in [6, 6.07) is 10.1. The standard InChI is InChI=1S/C21H27N3O5S2/c1-15(2)14-29-21(26)23-18-6-3-5-17(13-18)22-20(25)16-8-10-24(11-9-16)31(27,28)19-7-4-12-30-19/h3-7,12-13,15-16H,8-11,14H2,1-2H3,(H,22,25)(H,23,26). The van der Waals surface area contributed by atoms with Gasteiger partial charge in [-0.15, -0.1) is 11.3 Å². The van der Waals surface area contributed by atoms with Gasteiger partial charge >= 0.3 is 6.09 Å². The summed E-state index contributed by atoms with van der Waals surface area (Å²) in [6.07, 6.45) is 0.364. The summed E-state index contributed by atoms with van der Waals surface area (Å²) in [5.41, 5.74) is 1.07. The molecule has 8 nitrogen and oxygen atoms in total. The van der Waals surface area contributed by atoms with E-state index in [1.54, 1.807) is 41.8 Å². The van der Waals surface area contributed by atoms with Gasteiger partial charge < -0.3 is 10.1 Å². The number of hydrogen-bond acceptors (Lipinski definition) is 6. The quantitative estimate of drug-likeness (QED) is 0.643. The first-order valence-electron chi connectivity index (χ1n) is 10.1. The highest BCUT2D eigenvalue weighted by Crippen LogP contribution is 2.27. The maximum atomic E-state index is 12.7. The Bertz CT molecular complexity index is 998. The molecular weight excluding hydrogens is 438 g/mol. The number of carbonyl (C=O) groups is 2. The number of amides is 2. The van der Waals surface area contributed by atoms with Crippen molar-refractivity contribution in [3.05, 3.63) is 41.8 Å². The van der Waals surface area contributed by atoms with Gasteiger partial charge in [-0.3, -0.25) is 10.1 Å². The average molecular weight is 466 g/mol. The Balaban J connectivity index is 1.53. The number of piperidine rings is 1. The van der Waals surface area contributed by atoms with Crippen LogP contribution in [0, 0.1) is 11.8 Å². The molecule has 0 atom stereocenters. The lowest BCUT2D eigenvalue weighted by atomic mass is 9.97. The van der Waals surface area contributed by atoms with E-state index in [1.807, 2.05) is 13.8 Å². The molecule has 1 fully saturated rings. The lowest BCUT2D eigenvalue weighted by molar-refractivity contribution is -0.120. The molecule has 0 spiro atoms. The molecule has 1 aromatic heterocycles. The summed E-state index contributed by atoms with van der Waals surface area (Å²) in [7, 11) is -3.49. The summed E-state index contributed by atoms with van der Waals surface area (Å²) < 4.78 is 32.1. The van der Waals surface area contributed by atoms with Crippen LogP contribution in [0.1, 0.15) is 26.7 Å². The van der Waals surface area contributed by atoms with Crippen LogP contribution in [-0.4, -0.2) is 44.4 Å². The maximum Gasteiger partial charge on any atom is 0.411 e. The summed E-state index contributed by atoms with van der Waals surface area (Å²) in [5.74, 6) is -0.196. The highest BCUT2D eigenvalue weighted by Gasteiger charge is 2.32. The number of carbonyl (C=O) groups excluding carboxylic acids is 2. The summed E-state index contributed by atoms with van der Waals surface area (Å²) in [5, 5.41) is 7.24. The Hall–Kier alpha value is -2.43. The molecule has 0 radical (unpaired) electrons. The molecule has 2 amide bonds. The van der Waals surface area contributed by atoms with Crippen molar-refractivity contribution in [2.24, 2.45) is 11.8 Å². The average Bonchev–Trinajstić information content (AvgIpc) is 3.28. The van der Waals surface area contributed by atoms with Gasteiger partial charge in [-0.1, -0.05) is 26.0 Å². The first-order chi connectivity index (χ1) is 14.8. The number of sulfonamides is 1. The van der Waals surface area contributed by atoms with Gasteiger partial charge in [0.15, 0.2) is 0 Å². The monoisotopic (exact) mass is 465 g/mol. The lowest BCUT2D eigenvalue weighted by Gasteiger charge is -2.30. The fraction of sp³-hybridized carbons (Fsp3) is 0.429. The van der Waals surface area contributed by atoms with Gasteiger partial charge in [0.2, 0.25) is 5.91 Å². The van der Waals surface area contributed by atoms with Crippen LogP contribution in [0.15, 0.2) is 46.0 Å².